The van der Waals surface area contributed by atoms with E-state index in [0.29, 0.717) is 17.0 Å². The van der Waals surface area contributed by atoms with Crippen LogP contribution in [0.5, 0.6) is 5.75 Å². The van der Waals surface area contributed by atoms with E-state index < -0.39 is 6.04 Å². The number of methoxy groups -OCH3 is 1. The molecular formula is C21H26N2O3. The SMILES string of the molecule is CC[C@H](C)[C@H](NC(=O)c1ccccc1)C(=O)Nc1cc(C)ccc1OC. The first kappa shape index (κ1) is 19.5. The molecular weight excluding hydrogens is 328 g/mol. The summed E-state index contributed by atoms with van der Waals surface area (Å²) in [7, 11) is 1.56. The van der Waals surface area contributed by atoms with Crippen LogP contribution in [0.1, 0.15) is 36.2 Å². The molecule has 0 bridgehead atoms. The molecule has 2 atom stereocenters. The molecule has 2 N–H and O–H groups in total. The fraction of sp³-hybridized carbons (Fsp3) is 0.333. The van der Waals surface area contributed by atoms with Crippen LogP contribution in [0.15, 0.2) is 48.5 Å². The third kappa shape index (κ3) is 4.85. The number of benzene rings is 2. The van der Waals surface area contributed by atoms with E-state index in [1.54, 1.807) is 31.4 Å². The summed E-state index contributed by atoms with van der Waals surface area (Å²) in [4.78, 5) is 25.4. The normalized spacial score (nSPS) is 12.8. The Morgan fingerprint density at radius 1 is 1.12 bits per heavy atom. The minimum atomic E-state index is -0.641. The standard InChI is InChI=1S/C21H26N2O3/c1-5-15(3)19(23-20(24)16-9-7-6-8-10-16)21(25)22-17-13-14(2)11-12-18(17)26-4/h6-13,15,19H,5H2,1-4H3,(H,22,25)(H,23,24)/t15-,19-/m0/s1. The number of rotatable bonds is 7. The number of hydrogen-bond donors (Lipinski definition) is 2. The number of carbonyl (C=O) groups is 2. The summed E-state index contributed by atoms with van der Waals surface area (Å²) in [6.07, 6.45) is 0.762. The molecule has 0 aliphatic heterocycles. The van der Waals surface area contributed by atoms with Crippen molar-refractivity contribution >= 4 is 17.5 Å². The lowest BCUT2D eigenvalue weighted by molar-refractivity contribution is -0.119. The topological polar surface area (TPSA) is 67.4 Å². The smallest absolute Gasteiger partial charge is 0.251 e. The molecule has 0 saturated heterocycles. The van der Waals surface area contributed by atoms with Gasteiger partial charge in [0.2, 0.25) is 5.91 Å². The number of ether oxygens (including phenoxy) is 1. The van der Waals surface area contributed by atoms with Gasteiger partial charge in [-0.3, -0.25) is 9.59 Å². The van der Waals surface area contributed by atoms with Gasteiger partial charge in [-0.05, 0) is 42.7 Å². The second kappa shape index (κ2) is 9.04. The third-order valence-corrected chi connectivity index (χ3v) is 4.43. The van der Waals surface area contributed by atoms with Crippen molar-refractivity contribution in [2.24, 2.45) is 5.92 Å². The van der Waals surface area contributed by atoms with Crippen LogP contribution in [0.4, 0.5) is 5.69 Å². The fourth-order valence-corrected chi connectivity index (χ4v) is 2.65. The lowest BCUT2D eigenvalue weighted by atomic mass is 9.97. The Hall–Kier alpha value is -2.82. The number of anilines is 1. The predicted molar refractivity (Wildman–Crippen MR) is 104 cm³/mol. The Morgan fingerprint density at radius 3 is 2.42 bits per heavy atom. The van der Waals surface area contributed by atoms with Crippen LogP contribution in [-0.4, -0.2) is 25.0 Å². The van der Waals surface area contributed by atoms with Gasteiger partial charge >= 0.3 is 0 Å². The van der Waals surface area contributed by atoms with Crippen LogP contribution in [-0.2, 0) is 4.79 Å². The summed E-state index contributed by atoms with van der Waals surface area (Å²) in [5.74, 6) is 0.0505. The van der Waals surface area contributed by atoms with E-state index in [1.165, 1.54) is 0 Å². The molecule has 0 aromatic heterocycles. The monoisotopic (exact) mass is 354 g/mol. The van der Waals surface area contributed by atoms with Crippen molar-refractivity contribution in [3.05, 3.63) is 59.7 Å². The minimum absolute atomic E-state index is 0.0153. The molecule has 2 rings (SSSR count). The molecule has 5 nitrogen and oxygen atoms in total. The maximum absolute atomic E-state index is 12.9. The highest BCUT2D eigenvalue weighted by atomic mass is 16.5. The van der Waals surface area contributed by atoms with Gasteiger partial charge in [-0.15, -0.1) is 0 Å². The summed E-state index contributed by atoms with van der Waals surface area (Å²) in [5, 5.41) is 5.76. The molecule has 2 aromatic carbocycles. The van der Waals surface area contributed by atoms with E-state index in [4.69, 9.17) is 4.74 Å². The number of aryl methyl sites for hydroxylation is 1. The molecule has 5 heteroatoms. The van der Waals surface area contributed by atoms with E-state index in [9.17, 15) is 9.59 Å². The Kier molecular flexibility index (Phi) is 6.78. The van der Waals surface area contributed by atoms with Gasteiger partial charge < -0.3 is 15.4 Å². The molecule has 138 valence electrons. The van der Waals surface area contributed by atoms with Gasteiger partial charge in [0.25, 0.3) is 5.91 Å². The molecule has 0 fully saturated rings. The molecule has 0 aliphatic rings. The summed E-state index contributed by atoms with van der Waals surface area (Å²) in [6.45, 7) is 5.88. The number of amides is 2. The van der Waals surface area contributed by atoms with Crippen LogP contribution >= 0.6 is 0 Å². The zero-order valence-electron chi connectivity index (χ0n) is 15.7. The summed E-state index contributed by atoms with van der Waals surface area (Å²) in [5.41, 5.74) is 2.14. The Bertz CT molecular complexity index is 759. The Morgan fingerprint density at radius 2 is 1.81 bits per heavy atom. The number of nitrogens with one attached hydrogen (secondary N) is 2. The van der Waals surface area contributed by atoms with E-state index >= 15 is 0 Å². The van der Waals surface area contributed by atoms with Gasteiger partial charge in [0.05, 0.1) is 12.8 Å². The molecule has 0 saturated carbocycles. The minimum Gasteiger partial charge on any atom is -0.495 e. The van der Waals surface area contributed by atoms with Gasteiger partial charge in [-0.25, -0.2) is 0 Å². The highest BCUT2D eigenvalue weighted by molar-refractivity contribution is 6.01. The lowest BCUT2D eigenvalue weighted by Gasteiger charge is -2.24. The highest BCUT2D eigenvalue weighted by Crippen LogP contribution is 2.26. The van der Waals surface area contributed by atoms with Crippen LogP contribution in [0.2, 0.25) is 0 Å². The van der Waals surface area contributed by atoms with Crippen molar-refractivity contribution in [3.63, 3.8) is 0 Å². The fourth-order valence-electron chi connectivity index (χ4n) is 2.65. The largest absolute Gasteiger partial charge is 0.495 e. The second-order valence-corrected chi connectivity index (χ2v) is 6.40. The Labute approximate surface area is 154 Å². The molecule has 0 aliphatic carbocycles. The Balaban J connectivity index is 2.20. The molecule has 0 heterocycles. The van der Waals surface area contributed by atoms with Crippen molar-refractivity contribution in [2.45, 2.75) is 33.2 Å². The molecule has 0 unspecified atom stereocenters. The zero-order chi connectivity index (χ0) is 19.1. The van der Waals surface area contributed by atoms with Gasteiger partial charge in [0, 0.05) is 5.56 Å². The highest BCUT2D eigenvalue weighted by Gasteiger charge is 2.27. The van der Waals surface area contributed by atoms with E-state index in [1.807, 2.05) is 45.0 Å². The molecule has 0 spiro atoms. The first-order chi connectivity index (χ1) is 12.5. The van der Waals surface area contributed by atoms with Gasteiger partial charge in [0.1, 0.15) is 11.8 Å². The van der Waals surface area contributed by atoms with E-state index in [2.05, 4.69) is 10.6 Å². The molecule has 2 amide bonds. The van der Waals surface area contributed by atoms with E-state index in [-0.39, 0.29) is 17.7 Å². The van der Waals surface area contributed by atoms with Crippen molar-refractivity contribution in [1.29, 1.82) is 0 Å². The summed E-state index contributed by atoms with van der Waals surface area (Å²) < 4.78 is 5.32. The van der Waals surface area contributed by atoms with Crippen molar-refractivity contribution < 1.29 is 14.3 Å². The maximum Gasteiger partial charge on any atom is 0.251 e. The van der Waals surface area contributed by atoms with Crippen LogP contribution in [0, 0.1) is 12.8 Å². The van der Waals surface area contributed by atoms with Gasteiger partial charge in [-0.2, -0.15) is 0 Å². The number of carbonyl (C=O) groups excluding carboxylic acids is 2. The summed E-state index contributed by atoms with van der Waals surface area (Å²) in [6, 6.07) is 13.8. The summed E-state index contributed by atoms with van der Waals surface area (Å²) >= 11 is 0. The van der Waals surface area contributed by atoms with Crippen LogP contribution in [0.25, 0.3) is 0 Å². The zero-order valence-corrected chi connectivity index (χ0v) is 15.7. The number of hydrogen-bond acceptors (Lipinski definition) is 3. The maximum atomic E-state index is 12.9. The first-order valence-electron chi connectivity index (χ1n) is 8.77. The van der Waals surface area contributed by atoms with Crippen molar-refractivity contribution in [1.82, 2.24) is 5.32 Å². The second-order valence-electron chi connectivity index (χ2n) is 6.40. The van der Waals surface area contributed by atoms with Crippen LogP contribution in [0.3, 0.4) is 0 Å². The molecule has 0 radical (unpaired) electrons. The molecule has 26 heavy (non-hydrogen) atoms. The lowest BCUT2D eigenvalue weighted by Crippen LogP contribution is -2.47. The molecule has 2 aromatic rings. The van der Waals surface area contributed by atoms with Crippen molar-refractivity contribution in [3.8, 4) is 5.75 Å². The van der Waals surface area contributed by atoms with Crippen molar-refractivity contribution in [2.75, 3.05) is 12.4 Å². The average Bonchev–Trinajstić information content (AvgIpc) is 2.66. The predicted octanol–water partition coefficient (Wildman–Crippen LogP) is 3.79. The van der Waals surface area contributed by atoms with E-state index in [0.717, 1.165) is 12.0 Å². The first-order valence-corrected chi connectivity index (χ1v) is 8.77. The van der Waals surface area contributed by atoms with Crippen LogP contribution < -0.4 is 15.4 Å². The quantitative estimate of drug-likeness (QED) is 0.795. The van der Waals surface area contributed by atoms with Gasteiger partial charge in [-0.1, -0.05) is 44.5 Å². The third-order valence-electron chi connectivity index (χ3n) is 4.43. The average molecular weight is 354 g/mol. The van der Waals surface area contributed by atoms with Gasteiger partial charge in [0.15, 0.2) is 0 Å².